The molecule has 1 atom stereocenters. The van der Waals surface area contributed by atoms with Crippen LogP contribution in [0, 0.1) is 0 Å². The average molecular weight is 911 g/mol. The number of carbonyl (C=O) groups is 3. The molecule has 0 radical (unpaired) electrons. The third-order valence-electron chi connectivity index (χ3n) is 10.4. The second kappa shape index (κ2) is 53.2. The van der Waals surface area contributed by atoms with Crippen LogP contribution in [-0.2, 0) is 28.6 Å². The molecule has 0 N–H and O–H groups in total. The molecule has 0 aromatic rings. The lowest BCUT2D eigenvalue weighted by molar-refractivity contribution is -0.167. The van der Waals surface area contributed by atoms with Crippen LogP contribution in [0.1, 0.15) is 207 Å². The number of esters is 3. The molecule has 0 spiro atoms. The summed E-state index contributed by atoms with van der Waals surface area (Å²) >= 11 is 0. The zero-order chi connectivity index (χ0) is 47.9. The molecule has 0 saturated heterocycles. The first-order valence-electron chi connectivity index (χ1n) is 26.2. The Kier molecular flexibility index (Phi) is 49.6. The molecule has 6 nitrogen and oxygen atoms in total. The molecule has 0 aliphatic carbocycles. The molecule has 0 amide bonds. The van der Waals surface area contributed by atoms with Gasteiger partial charge in [-0.25, -0.2) is 0 Å². The van der Waals surface area contributed by atoms with E-state index in [9.17, 15) is 14.4 Å². The Morgan fingerprint density at radius 3 is 0.970 bits per heavy atom. The van der Waals surface area contributed by atoms with Crippen molar-refractivity contribution in [3.05, 3.63) is 134 Å². The van der Waals surface area contributed by atoms with E-state index < -0.39 is 6.10 Å². The highest BCUT2D eigenvalue weighted by atomic mass is 16.6. The van der Waals surface area contributed by atoms with Crippen molar-refractivity contribution in [2.75, 3.05) is 13.2 Å². The summed E-state index contributed by atoms with van der Waals surface area (Å²) in [5.41, 5.74) is 0. The van der Waals surface area contributed by atoms with Crippen LogP contribution in [0.2, 0.25) is 0 Å². The first-order chi connectivity index (χ1) is 32.5. The molecular weight excluding hydrogens is 817 g/mol. The van der Waals surface area contributed by atoms with Crippen molar-refractivity contribution in [1.29, 1.82) is 0 Å². The monoisotopic (exact) mass is 911 g/mol. The lowest BCUT2D eigenvalue weighted by Gasteiger charge is -2.18. The van der Waals surface area contributed by atoms with Crippen LogP contribution in [0.4, 0.5) is 0 Å². The Hall–Kier alpha value is -4.45. The molecule has 0 aromatic carbocycles. The van der Waals surface area contributed by atoms with Gasteiger partial charge in [-0.3, -0.25) is 14.4 Å². The van der Waals surface area contributed by atoms with E-state index in [1.807, 2.05) is 0 Å². The topological polar surface area (TPSA) is 78.9 Å². The third-order valence-corrected chi connectivity index (χ3v) is 10.4. The van der Waals surface area contributed by atoms with Crippen molar-refractivity contribution in [3.8, 4) is 0 Å². The van der Waals surface area contributed by atoms with Gasteiger partial charge in [-0.15, -0.1) is 0 Å². The average Bonchev–Trinajstić information content (AvgIpc) is 3.31. The second-order valence-corrected chi connectivity index (χ2v) is 16.7. The maximum Gasteiger partial charge on any atom is 0.306 e. The van der Waals surface area contributed by atoms with E-state index in [1.165, 1.54) is 44.9 Å². The SMILES string of the molecule is CC/C=C\C/C=C\C/C=C\C/C=C\C/C=C\C/C=C\CCCCC(=O)OCC(COC(=O)CCCCCCCCCCCC)OC(=O)CCC/C=C\C/C=C\C/C=C\C/C=C\C/C=C\CC. The molecule has 1 unspecified atom stereocenters. The molecule has 0 rings (SSSR count). The zero-order valence-electron chi connectivity index (χ0n) is 42.1. The molecule has 0 fully saturated rings. The van der Waals surface area contributed by atoms with Crippen LogP contribution in [-0.4, -0.2) is 37.2 Å². The van der Waals surface area contributed by atoms with Gasteiger partial charge in [0.15, 0.2) is 6.10 Å². The number of carbonyl (C=O) groups excluding carboxylic acids is 3. The van der Waals surface area contributed by atoms with Gasteiger partial charge >= 0.3 is 17.9 Å². The van der Waals surface area contributed by atoms with Gasteiger partial charge in [-0.1, -0.05) is 212 Å². The molecule has 370 valence electrons. The highest BCUT2D eigenvalue weighted by Crippen LogP contribution is 2.13. The number of allylic oxidation sites excluding steroid dienone is 22. The standard InChI is InChI=1S/C60H94O6/c1-4-7-10-13-16-19-22-24-26-28-29-30-31-33-34-36-38-41-44-47-50-53-59(62)65-56-57(55-64-58(61)52-49-46-43-40-21-18-15-12-9-6-3)66-60(63)54-51-48-45-42-39-37-35-32-27-25-23-20-17-14-11-8-5-2/h7-8,10-11,16-17,19-20,24-27,29-30,33-35,37-38,41-42,45,57H,4-6,9,12-15,18,21-23,28,31-32,36,39-40,43-44,46-56H2,1-3H3/b10-7-,11-8-,19-16-,20-17-,26-24-,27-25-,30-29-,34-33-,37-35-,41-38-,45-42-. The van der Waals surface area contributed by atoms with Crippen LogP contribution < -0.4 is 0 Å². The van der Waals surface area contributed by atoms with E-state index in [0.717, 1.165) is 109 Å². The number of unbranched alkanes of at least 4 members (excludes halogenated alkanes) is 12. The fourth-order valence-electron chi connectivity index (χ4n) is 6.54. The molecule has 0 aliphatic rings. The zero-order valence-corrected chi connectivity index (χ0v) is 42.1. The molecule has 0 saturated carbocycles. The van der Waals surface area contributed by atoms with E-state index in [2.05, 4.69) is 154 Å². The highest BCUT2D eigenvalue weighted by molar-refractivity contribution is 5.71. The smallest absolute Gasteiger partial charge is 0.306 e. The van der Waals surface area contributed by atoms with Crippen LogP contribution in [0.5, 0.6) is 0 Å². The number of ether oxygens (including phenoxy) is 3. The normalized spacial score (nSPS) is 13.2. The summed E-state index contributed by atoms with van der Waals surface area (Å²) in [5.74, 6) is -1.03. The van der Waals surface area contributed by atoms with Crippen molar-refractivity contribution < 1.29 is 28.6 Å². The van der Waals surface area contributed by atoms with Crippen molar-refractivity contribution in [3.63, 3.8) is 0 Å². The number of hydrogen-bond donors (Lipinski definition) is 0. The fraction of sp³-hybridized carbons (Fsp3) is 0.583. The van der Waals surface area contributed by atoms with Gasteiger partial charge in [0.05, 0.1) is 0 Å². The van der Waals surface area contributed by atoms with Gasteiger partial charge in [-0.05, 0) is 109 Å². The van der Waals surface area contributed by atoms with Crippen LogP contribution in [0.3, 0.4) is 0 Å². The van der Waals surface area contributed by atoms with E-state index in [4.69, 9.17) is 14.2 Å². The number of rotatable bonds is 45. The first-order valence-corrected chi connectivity index (χ1v) is 26.2. The van der Waals surface area contributed by atoms with Crippen molar-refractivity contribution >= 4 is 17.9 Å². The van der Waals surface area contributed by atoms with Gasteiger partial charge in [0.2, 0.25) is 0 Å². The Labute approximate surface area is 405 Å². The van der Waals surface area contributed by atoms with E-state index in [-0.39, 0.29) is 44.0 Å². The Balaban J connectivity index is 4.54. The second-order valence-electron chi connectivity index (χ2n) is 16.7. The van der Waals surface area contributed by atoms with Crippen LogP contribution in [0.15, 0.2) is 134 Å². The minimum atomic E-state index is -0.828. The molecule has 6 heteroatoms. The van der Waals surface area contributed by atoms with Crippen LogP contribution in [0.25, 0.3) is 0 Å². The van der Waals surface area contributed by atoms with E-state index >= 15 is 0 Å². The Morgan fingerprint density at radius 1 is 0.318 bits per heavy atom. The van der Waals surface area contributed by atoms with Crippen molar-refractivity contribution in [1.82, 2.24) is 0 Å². The van der Waals surface area contributed by atoms with Gasteiger partial charge < -0.3 is 14.2 Å². The molecule has 0 aromatic heterocycles. The van der Waals surface area contributed by atoms with Gasteiger partial charge in [0.1, 0.15) is 13.2 Å². The summed E-state index contributed by atoms with van der Waals surface area (Å²) in [6.45, 7) is 6.29. The lowest BCUT2D eigenvalue weighted by atomic mass is 10.1. The maximum absolute atomic E-state index is 12.8. The summed E-state index contributed by atoms with van der Waals surface area (Å²) < 4.78 is 16.7. The van der Waals surface area contributed by atoms with E-state index in [0.29, 0.717) is 19.3 Å². The first kappa shape index (κ1) is 61.5. The van der Waals surface area contributed by atoms with Crippen LogP contribution >= 0.6 is 0 Å². The summed E-state index contributed by atoms with van der Waals surface area (Å²) in [6.07, 6.45) is 74.5. The highest BCUT2D eigenvalue weighted by Gasteiger charge is 2.19. The Morgan fingerprint density at radius 2 is 0.606 bits per heavy atom. The lowest BCUT2D eigenvalue weighted by Crippen LogP contribution is -2.30. The quantitative estimate of drug-likeness (QED) is 0.0262. The summed E-state index contributed by atoms with van der Waals surface area (Å²) in [7, 11) is 0. The predicted octanol–water partition coefficient (Wildman–Crippen LogP) is 17.5. The molecule has 0 heterocycles. The minimum absolute atomic E-state index is 0.118. The fourth-order valence-corrected chi connectivity index (χ4v) is 6.54. The largest absolute Gasteiger partial charge is 0.462 e. The molecule has 0 bridgehead atoms. The minimum Gasteiger partial charge on any atom is -0.462 e. The maximum atomic E-state index is 12.8. The Bertz CT molecular complexity index is 1460. The van der Waals surface area contributed by atoms with Crippen molar-refractivity contribution in [2.24, 2.45) is 0 Å². The van der Waals surface area contributed by atoms with Gasteiger partial charge in [0, 0.05) is 19.3 Å². The number of hydrogen-bond acceptors (Lipinski definition) is 6. The van der Waals surface area contributed by atoms with Crippen molar-refractivity contribution in [2.45, 2.75) is 213 Å². The summed E-state index contributed by atoms with van der Waals surface area (Å²) in [4.78, 5) is 37.9. The molecular formula is C60H94O6. The summed E-state index contributed by atoms with van der Waals surface area (Å²) in [6, 6.07) is 0. The summed E-state index contributed by atoms with van der Waals surface area (Å²) in [5, 5.41) is 0. The predicted molar refractivity (Wildman–Crippen MR) is 283 cm³/mol. The molecule has 66 heavy (non-hydrogen) atoms. The van der Waals surface area contributed by atoms with Gasteiger partial charge in [-0.2, -0.15) is 0 Å². The molecule has 0 aliphatic heterocycles. The third kappa shape index (κ3) is 50.5. The van der Waals surface area contributed by atoms with Gasteiger partial charge in [0.25, 0.3) is 0 Å². The van der Waals surface area contributed by atoms with E-state index in [1.54, 1.807) is 0 Å².